The first-order valence-corrected chi connectivity index (χ1v) is 10.9. The normalized spacial score (nSPS) is 18.2. The number of carbonyl (C=O) groups excluding carboxylic acids is 1. The predicted octanol–water partition coefficient (Wildman–Crippen LogP) is 3.77. The number of nitrogens with one attached hydrogen (secondary N) is 1. The maximum Gasteiger partial charge on any atom is 0.431 e. The van der Waals surface area contributed by atoms with Gasteiger partial charge in [0.1, 0.15) is 11.4 Å². The molecule has 1 aromatic heterocycles. The van der Waals surface area contributed by atoms with E-state index < -0.39 is 17.4 Å². The first-order chi connectivity index (χ1) is 15.1. The summed E-state index contributed by atoms with van der Waals surface area (Å²) in [6.07, 6.45) is -3.38. The number of aliphatic hydroxyl groups excluding tert-OH is 1. The second-order valence-corrected chi connectivity index (χ2v) is 8.70. The molecule has 176 valence electrons. The van der Waals surface area contributed by atoms with Crippen LogP contribution in [0.3, 0.4) is 0 Å². The van der Waals surface area contributed by atoms with Gasteiger partial charge in [0.15, 0.2) is 0 Å². The summed E-state index contributed by atoms with van der Waals surface area (Å²) in [5.41, 5.74) is 0.460. The summed E-state index contributed by atoms with van der Waals surface area (Å²) in [7, 11) is 0. The van der Waals surface area contributed by atoms with Gasteiger partial charge in [-0.2, -0.15) is 13.2 Å². The lowest BCUT2D eigenvalue weighted by Gasteiger charge is -2.45. The van der Waals surface area contributed by atoms with E-state index in [1.165, 1.54) is 4.57 Å². The molecule has 0 unspecified atom stereocenters. The highest BCUT2D eigenvalue weighted by Gasteiger charge is 2.44. The van der Waals surface area contributed by atoms with E-state index in [0.29, 0.717) is 55.0 Å². The van der Waals surface area contributed by atoms with Crippen LogP contribution in [0.1, 0.15) is 55.4 Å². The van der Waals surface area contributed by atoms with Crippen LogP contribution >= 0.6 is 0 Å². The fraction of sp³-hybridized carbons (Fsp3) is 0.522. The molecule has 0 radical (unpaired) electrons. The van der Waals surface area contributed by atoms with E-state index in [0.717, 1.165) is 6.07 Å². The Morgan fingerprint density at radius 3 is 2.56 bits per heavy atom. The van der Waals surface area contributed by atoms with Crippen molar-refractivity contribution in [2.75, 3.05) is 19.6 Å². The molecule has 1 saturated heterocycles. The lowest BCUT2D eigenvalue weighted by molar-refractivity contribution is -0.144. The van der Waals surface area contributed by atoms with Crippen molar-refractivity contribution in [3.8, 4) is 5.75 Å². The third kappa shape index (κ3) is 4.11. The number of rotatable bonds is 4. The van der Waals surface area contributed by atoms with Gasteiger partial charge >= 0.3 is 6.18 Å². The van der Waals surface area contributed by atoms with Gasteiger partial charge in [-0.15, -0.1) is 0 Å². The van der Waals surface area contributed by atoms with E-state index in [2.05, 4.69) is 5.32 Å². The minimum atomic E-state index is -4.39. The number of fused-ring (bicyclic) bond motifs is 2. The van der Waals surface area contributed by atoms with Crippen LogP contribution < -0.4 is 10.1 Å². The van der Waals surface area contributed by atoms with Gasteiger partial charge in [-0.05, 0) is 57.0 Å². The second kappa shape index (κ2) is 8.44. The number of benzene rings is 1. The van der Waals surface area contributed by atoms with Crippen molar-refractivity contribution in [3.63, 3.8) is 0 Å². The van der Waals surface area contributed by atoms with Crippen molar-refractivity contribution >= 4 is 5.91 Å². The van der Waals surface area contributed by atoms with Gasteiger partial charge in [-0.3, -0.25) is 4.79 Å². The topological polar surface area (TPSA) is 66.7 Å². The first kappa shape index (κ1) is 22.7. The summed E-state index contributed by atoms with van der Waals surface area (Å²) in [6.45, 7) is 5.11. The minimum absolute atomic E-state index is 0. The Balaban J connectivity index is 0.00000306. The lowest BCUT2D eigenvalue weighted by Crippen LogP contribution is -2.56. The fourth-order valence-electron chi connectivity index (χ4n) is 4.78. The van der Waals surface area contributed by atoms with Gasteiger partial charge in [0.05, 0.1) is 18.2 Å². The van der Waals surface area contributed by atoms with E-state index in [4.69, 9.17) is 4.74 Å². The molecular weight excluding hydrogens is 423 g/mol. The lowest BCUT2D eigenvalue weighted by atomic mass is 9.83. The number of alkyl halides is 3. The highest BCUT2D eigenvalue weighted by Crippen LogP contribution is 2.40. The Bertz CT molecular complexity index is 999. The van der Waals surface area contributed by atoms with Crippen LogP contribution in [0.4, 0.5) is 13.2 Å². The second-order valence-electron chi connectivity index (χ2n) is 8.70. The summed E-state index contributed by atoms with van der Waals surface area (Å²) in [6, 6.07) is 7.73. The van der Waals surface area contributed by atoms with Crippen LogP contribution in [0.25, 0.3) is 0 Å². The minimum Gasteiger partial charge on any atom is -0.491 e. The van der Waals surface area contributed by atoms with E-state index in [1.807, 2.05) is 13.8 Å². The summed E-state index contributed by atoms with van der Waals surface area (Å²) in [4.78, 5) is 14.8. The summed E-state index contributed by atoms with van der Waals surface area (Å²) >= 11 is 0. The van der Waals surface area contributed by atoms with E-state index in [-0.39, 0.29) is 26.6 Å². The predicted molar refractivity (Wildman–Crippen MR) is 114 cm³/mol. The molecule has 0 atom stereocenters. The molecule has 32 heavy (non-hydrogen) atoms. The third-order valence-electron chi connectivity index (χ3n) is 6.30. The molecule has 2 aliphatic rings. The molecule has 0 bridgehead atoms. The van der Waals surface area contributed by atoms with E-state index >= 15 is 0 Å². The third-order valence-corrected chi connectivity index (χ3v) is 6.30. The van der Waals surface area contributed by atoms with Gasteiger partial charge in [0, 0.05) is 44.4 Å². The standard InChI is InChI=1S/C23H28F3N3O3.H2/c1-15(2)32-18-4-3-16(13-17(18)14-30)21(31)28-10-7-22(8-11-28)19-5-6-20(23(24,25)26)29(19)12-9-27-22;/h3-6,13,15,27,30H,7-12,14H2,1-2H3;1H. The Morgan fingerprint density at radius 2 is 1.94 bits per heavy atom. The molecule has 9 heteroatoms. The van der Waals surface area contributed by atoms with Crippen molar-refractivity contribution in [2.45, 2.75) is 57.7 Å². The monoisotopic (exact) mass is 453 g/mol. The molecule has 2 aliphatic heterocycles. The molecule has 6 nitrogen and oxygen atoms in total. The Labute approximate surface area is 186 Å². The van der Waals surface area contributed by atoms with E-state index in [9.17, 15) is 23.1 Å². The summed E-state index contributed by atoms with van der Waals surface area (Å²) in [5.74, 6) is 0.386. The summed E-state index contributed by atoms with van der Waals surface area (Å²) in [5, 5.41) is 13.1. The molecule has 2 aromatic rings. The van der Waals surface area contributed by atoms with E-state index in [1.54, 1.807) is 29.2 Å². The van der Waals surface area contributed by atoms with Crippen LogP contribution in [0, 0.1) is 0 Å². The fourth-order valence-corrected chi connectivity index (χ4v) is 4.78. The highest BCUT2D eigenvalue weighted by molar-refractivity contribution is 5.94. The number of aromatic nitrogens is 1. The zero-order chi connectivity index (χ0) is 23.1. The molecule has 4 rings (SSSR count). The summed E-state index contributed by atoms with van der Waals surface area (Å²) < 4.78 is 47.1. The average Bonchev–Trinajstić information content (AvgIpc) is 3.20. The number of hydrogen-bond acceptors (Lipinski definition) is 4. The number of likely N-dealkylation sites (tertiary alicyclic amines) is 1. The Morgan fingerprint density at radius 1 is 1.22 bits per heavy atom. The van der Waals surface area contributed by atoms with Crippen LogP contribution in [-0.2, 0) is 24.9 Å². The number of aliphatic hydroxyl groups is 1. The number of carbonyl (C=O) groups is 1. The maximum atomic E-state index is 13.4. The van der Waals surface area contributed by atoms with Crippen molar-refractivity contribution in [3.05, 3.63) is 52.8 Å². The van der Waals surface area contributed by atoms with Gasteiger partial charge in [-0.1, -0.05) is 0 Å². The van der Waals surface area contributed by atoms with Crippen LogP contribution in [-0.4, -0.2) is 46.2 Å². The number of amides is 1. The number of piperidine rings is 1. The smallest absolute Gasteiger partial charge is 0.431 e. The maximum absolute atomic E-state index is 13.4. The highest BCUT2D eigenvalue weighted by atomic mass is 19.4. The molecule has 1 fully saturated rings. The Hall–Kier alpha value is -2.52. The number of nitrogens with zero attached hydrogens (tertiary/aromatic N) is 2. The molecule has 1 aromatic carbocycles. The molecule has 0 saturated carbocycles. The van der Waals surface area contributed by atoms with Crippen LogP contribution in [0.5, 0.6) is 5.75 Å². The van der Waals surface area contributed by atoms with Gasteiger partial charge in [-0.25, -0.2) is 0 Å². The quantitative estimate of drug-likeness (QED) is 0.740. The average molecular weight is 454 g/mol. The number of ether oxygens (including phenoxy) is 1. The molecule has 3 heterocycles. The first-order valence-electron chi connectivity index (χ1n) is 10.9. The zero-order valence-electron chi connectivity index (χ0n) is 18.2. The van der Waals surface area contributed by atoms with Gasteiger partial charge in [0.2, 0.25) is 0 Å². The van der Waals surface area contributed by atoms with Crippen LogP contribution in [0.2, 0.25) is 0 Å². The Kier molecular flexibility index (Phi) is 5.98. The molecule has 1 spiro atoms. The van der Waals surface area contributed by atoms with Crippen molar-refractivity contribution in [1.29, 1.82) is 0 Å². The SMILES string of the molecule is CC(C)Oc1ccc(C(=O)N2CCC3(CC2)NCCn2c(C(F)(F)F)ccc23)cc1CO.[HH]. The molecular formula is C23H30F3N3O3. The zero-order valence-corrected chi connectivity index (χ0v) is 18.2. The number of hydrogen-bond donors (Lipinski definition) is 2. The van der Waals surface area contributed by atoms with Crippen molar-refractivity contribution < 1.29 is 29.2 Å². The van der Waals surface area contributed by atoms with Gasteiger partial charge < -0.3 is 24.6 Å². The molecule has 0 aliphatic carbocycles. The van der Waals surface area contributed by atoms with Crippen molar-refractivity contribution in [1.82, 2.24) is 14.8 Å². The van der Waals surface area contributed by atoms with Crippen molar-refractivity contribution in [2.24, 2.45) is 0 Å². The van der Waals surface area contributed by atoms with Crippen LogP contribution in [0.15, 0.2) is 30.3 Å². The van der Waals surface area contributed by atoms with Gasteiger partial charge in [0.25, 0.3) is 5.91 Å². The molecule has 1 amide bonds. The number of halogens is 3. The largest absolute Gasteiger partial charge is 0.491 e. The molecule has 2 N–H and O–H groups in total.